The summed E-state index contributed by atoms with van der Waals surface area (Å²) in [5.74, 6) is 0. The first kappa shape index (κ1) is 14.3. The molecule has 0 aromatic heterocycles. The Kier molecular flexibility index (Phi) is 5.62. The van der Waals surface area contributed by atoms with Crippen molar-refractivity contribution >= 4 is 18.5 Å². The molecular formula is C13H22NO6PS. The van der Waals surface area contributed by atoms with Crippen LogP contribution in [0.3, 0.4) is 0 Å². The normalized spacial score (nSPS) is 43.0. The first-order valence-electron chi connectivity index (χ1n) is 8.80. The molecule has 2 fully saturated rings. The Balaban J connectivity index is 1.97. The fourth-order valence-corrected chi connectivity index (χ4v) is 4.06. The first-order valence-corrected chi connectivity index (χ1v) is 9.49. The van der Waals surface area contributed by atoms with Gasteiger partial charge in [-0.3, -0.25) is 0 Å². The molecule has 3 unspecified atom stereocenters. The van der Waals surface area contributed by atoms with Gasteiger partial charge < -0.3 is 28.2 Å². The second-order valence-corrected chi connectivity index (χ2v) is 7.81. The van der Waals surface area contributed by atoms with Crippen LogP contribution in [0.1, 0.15) is 30.3 Å². The quantitative estimate of drug-likeness (QED) is 0.517. The zero-order chi connectivity index (χ0) is 18.4. The minimum Gasteiger partial charge on any atom is -0.390 e. The molecule has 0 aliphatic carbocycles. The highest BCUT2D eigenvalue weighted by Crippen LogP contribution is 2.52. The largest absolute Gasteiger partial charge is 0.390 e. The molecule has 0 saturated carbocycles. The summed E-state index contributed by atoms with van der Waals surface area (Å²) in [7, 11) is 0. The van der Waals surface area contributed by atoms with Gasteiger partial charge in [0.15, 0.2) is 0 Å². The molecule has 0 aromatic carbocycles. The van der Waals surface area contributed by atoms with Crippen molar-refractivity contribution in [3.8, 4) is 6.07 Å². The van der Waals surface area contributed by atoms with Crippen molar-refractivity contribution in [2.24, 2.45) is 0 Å². The molecule has 1 N–H and O–H groups in total. The van der Waals surface area contributed by atoms with Crippen molar-refractivity contribution in [3.05, 3.63) is 0 Å². The van der Waals surface area contributed by atoms with E-state index in [-0.39, 0.29) is 39.4 Å². The van der Waals surface area contributed by atoms with E-state index in [2.05, 4.69) is 0 Å². The van der Waals surface area contributed by atoms with Gasteiger partial charge in [0.2, 0.25) is 0 Å². The van der Waals surface area contributed by atoms with Crippen molar-refractivity contribution < 1.29 is 32.3 Å². The zero-order valence-electron chi connectivity index (χ0n) is 15.0. The predicted molar refractivity (Wildman–Crippen MR) is 81.7 cm³/mol. The molecule has 0 radical (unpaired) electrons. The molecule has 7 nitrogen and oxygen atoms in total. The van der Waals surface area contributed by atoms with Crippen molar-refractivity contribution in [1.29, 1.82) is 5.26 Å². The van der Waals surface area contributed by atoms with Gasteiger partial charge in [-0.15, -0.1) is 0 Å². The van der Waals surface area contributed by atoms with Gasteiger partial charge in [-0.25, -0.2) is 0 Å². The van der Waals surface area contributed by atoms with Gasteiger partial charge in [-0.1, -0.05) is 0 Å². The van der Waals surface area contributed by atoms with E-state index in [1.54, 1.807) is 0 Å². The van der Waals surface area contributed by atoms with E-state index in [1.807, 2.05) is 6.07 Å². The highest BCUT2D eigenvalue weighted by molar-refractivity contribution is 8.07. The molecule has 22 heavy (non-hydrogen) atoms. The Morgan fingerprint density at radius 2 is 2.32 bits per heavy atom. The van der Waals surface area contributed by atoms with E-state index in [9.17, 15) is 5.11 Å². The summed E-state index contributed by atoms with van der Waals surface area (Å²) in [6.45, 7) is -5.08. The third kappa shape index (κ3) is 5.22. The number of nitriles is 1. The van der Waals surface area contributed by atoms with E-state index < -0.39 is 44.3 Å². The molecule has 0 bridgehead atoms. The Labute approximate surface area is 139 Å². The lowest BCUT2D eigenvalue weighted by atomic mass is 10.2. The Morgan fingerprint density at radius 1 is 1.50 bits per heavy atom. The van der Waals surface area contributed by atoms with Crippen LogP contribution in [-0.4, -0.2) is 55.9 Å². The summed E-state index contributed by atoms with van der Waals surface area (Å²) in [6.07, 6.45) is -2.21. The van der Waals surface area contributed by atoms with Crippen LogP contribution >= 0.6 is 6.72 Å². The van der Waals surface area contributed by atoms with E-state index >= 15 is 0 Å². The van der Waals surface area contributed by atoms with E-state index in [1.165, 1.54) is 0 Å². The van der Waals surface area contributed by atoms with E-state index in [0.717, 1.165) is 0 Å². The minimum atomic E-state index is -3.29. The molecule has 2 aliphatic rings. The standard InChI is InChI=1S/C13H22NO6PS/c1-10-12(4-8-16-10)20-21(22,18-6-2-5-14)19-9-13-11(15)3-7-17-13/h10-13,15H,2-4,6-9H2,1H3/t10-,11?,12?,13-,21?/m1/s1/i1D,7T,8T/t7-,8-,10+,11?,12?,13+,21?/m0. The average molecular weight is 356 g/mol. The molecule has 7 atom stereocenters. The molecule has 0 aromatic rings. The van der Waals surface area contributed by atoms with Gasteiger partial charge in [-0.05, 0) is 25.1 Å². The maximum atomic E-state index is 9.83. The molecule has 2 heterocycles. The van der Waals surface area contributed by atoms with Crippen LogP contribution in [-0.2, 0) is 34.9 Å². The fourth-order valence-electron chi connectivity index (χ4n) is 1.93. The highest BCUT2D eigenvalue weighted by Gasteiger charge is 2.35. The van der Waals surface area contributed by atoms with E-state index in [4.69, 9.17) is 44.2 Å². The van der Waals surface area contributed by atoms with Crippen LogP contribution in [0.25, 0.3) is 0 Å². The Morgan fingerprint density at radius 3 is 3.00 bits per heavy atom. The van der Waals surface area contributed by atoms with Crippen LogP contribution in [0.15, 0.2) is 0 Å². The van der Waals surface area contributed by atoms with Crippen LogP contribution in [0.4, 0.5) is 0 Å². The highest BCUT2D eigenvalue weighted by atomic mass is 32.5. The third-order valence-electron chi connectivity index (χ3n) is 3.18. The minimum absolute atomic E-state index is 0.0202. The second kappa shape index (κ2) is 8.67. The second-order valence-electron chi connectivity index (χ2n) is 4.85. The fraction of sp³-hybridized carbons (Fsp3) is 0.923. The summed E-state index contributed by atoms with van der Waals surface area (Å²) in [5.41, 5.74) is 0. The molecule has 126 valence electrons. The smallest absolute Gasteiger partial charge is 0.327 e. The SMILES string of the molecule is [2H]C[C@H]1O[C@@H]([3H])CC1OP(=S)(OCCC#N)OC[C@H]1O[C@@H]([3H])CC1O. The van der Waals surface area contributed by atoms with Crippen molar-refractivity contribution in [2.75, 3.05) is 26.4 Å². The van der Waals surface area contributed by atoms with Crippen LogP contribution < -0.4 is 0 Å². The number of nitrogens with zero attached hydrogens (tertiary/aromatic N) is 1. The van der Waals surface area contributed by atoms with Gasteiger partial charge in [-0.2, -0.15) is 5.26 Å². The van der Waals surface area contributed by atoms with Crippen LogP contribution in [0, 0.1) is 11.3 Å². The summed E-state index contributed by atoms with van der Waals surface area (Å²) in [4.78, 5) is 0. The monoisotopic (exact) mass is 356 g/mol. The third-order valence-corrected chi connectivity index (χ3v) is 5.56. The summed E-state index contributed by atoms with van der Waals surface area (Å²) in [6, 6.07) is 1.93. The van der Waals surface area contributed by atoms with Crippen LogP contribution in [0.2, 0.25) is 0 Å². The molecule has 0 amide bonds. The topological polar surface area (TPSA) is 90.2 Å². The maximum absolute atomic E-state index is 9.83. The van der Waals surface area contributed by atoms with Crippen LogP contribution in [0.5, 0.6) is 0 Å². The lowest BCUT2D eigenvalue weighted by Gasteiger charge is -2.27. The summed E-state index contributed by atoms with van der Waals surface area (Å²) >= 11 is 5.37. The molecule has 0 spiro atoms. The Hall–Kier alpha value is -0.100. The number of aliphatic hydroxyl groups is 1. The Bertz CT molecular complexity index is 526. The van der Waals surface area contributed by atoms with Gasteiger partial charge >= 0.3 is 6.72 Å². The summed E-state index contributed by atoms with van der Waals surface area (Å²) in [5, 5.41) is 18.5. The molecule has 2 aliphatic heterocycles. The number of aliphatic hydroxyl groups excluding tert-OH is 1. The van der Waals surface area contributed by atoms with E-state index in [0.29, 0.717) is 0 Å². The molecule has 9 heteroatoms. The zero-order valence-corrected chi connectivity index (χ0v) is 13.7. The van der Waals surface area contributed by atoms with Gasteiger partial charge in [0.25, 0.3) is 0 Å². The van der Waals surface area contributed by atoms with Gasteiger partial charge in [0.05, 0.1) is 46.8 Å². The average Bonchev–Trinajstić information content (AvgIpc) is 3.06. The number of rotatable bonds is 8. The molecule has 2 rings (SSSR count). The molecular weight excluding hydrogens is 329 g/mol. The van der Waals surface area contributed by atoms with Gasteiger partial charge in [0, 0.05) is 21.0 Å². The number of hydrogen-bond donors (Lipinski definition) is 1. The molecule has 2 saturated heterocycles. The summed E-state index contributed by atoms with van der Waals surface area (Å²) < 4.78 is 50.0. The number of ether oxygens (including phenoxy) is 2. The first-order chi connectivity index (χ1) is 11.9. The van der Waals surface area contributed by atoms with Crippen molar-refractivity contribution in [3.63, 3.8) is 0 Å². The van der Waals surface area contributed by atoms with Crippen molar-refractivity contribution in [2.45, 2.75) is 50.6 Å². The van der Waals surface area contributed by atoms with Crippen molar-refractivity contribution in [1.82, 2.24) is 0 Å². The maximum Gasteiger partial charge on any atom is 0.327 e. The lowest BCUT2D eigenvalue weighted by Crippen LogP contribution is -2.27. The number of hydrogen-bond acceptors (Lipinski definition) is 8. The lowest BCUT2D eigenvalue weighted by molar-refractivity contribution is -0.00375. The van der Waals surface area contributed by atoms with Gasteiger partial charge in [0.1, 0.15) is 6.10 Å². The predicted octanol–water partition coefficient (Wildman–Crippen LogP) is 1.50.